The van der Waals surface area contributed by atoms with Crippen molar-refractivity contribution < 1.29 is 14.1 Å². The molecule has 1 aromatic heterocycles. The SMILES string of the molecule is CCOC(=O)C1CCCN1Cc1cc(C)on1. The molecule has 1 unspecified atom stereocenters. The van der Waals surface area contributed by atoms with Crippen LogP contribution in [0.1, 0.15) is 31.2 Å². The Kier molecular flexibility index (Phi) is 3.78. The summed E-state index contributed by atoms with van der Waals surface area (Å²) >= 11 is 0. The van der Waals surface area contributed by atoms with E-state index < -0.39 is 0 Å². The summed E-state index contributed by atoms with van der Waals surface area (Å²) in [6, 6.07) is 1.78. The van der Waals surface area contributed by atoms with Gasteiger partial charge in [0.2, 0.25) is 0 Å². The molecule has 1 saturated heterocycles. The van der Waals surface area contributed by atoms with E-state index in [0.717, 1.165) is 30.8 Å². The minimum absolute atomic E-state index is 0.119. The van der Waals surface area contributed by atoms with Gasteiger partial charge in [-0.2, -0.15) is 0 Å². The number of aryl methyl sites for hydroxylation is 1. The van der Waals surface area contributed by atoms with E-state index in [1.807, 2.05) is 19.9 Å². The molecule has 2 rings (SSSR count). The Morgan fingerprint density at radius 3 is 3.18 bits per heavy atom. The Labute approximate surface area is 101 Å². The summed E-state index contributed by atoms with van der Waals surface area (Å²) in [4.78, 5) is 13.8. The first kappa shape index (κ1) is 12.1. The summed E-state index contributed by atoms with van der Waals surface area (Å²) in [5.74, 6) is 0.678. The molecular weight excluding hydrogens is 220 g/mol. The first-order valence-corrected chi connectivity index (χ1v) is 6.03. The summed E-state index contributed by atoms with van der Waals surface area (Å²) < 4.78 is 10.1. The summed E-state index contributed by atoms with van der Waals surface area (Å²) in [7, 11) is 0. The van der Waals surface area contributed by atoms with E-state index >= 15 is 0 Å². The van der Waals surface area contributed by atoms with Crippen LogP contribution in [0.15, 0.2) is 10.6 Å². The van der Waals surface area contributed by atoms with Crippen molar-refractivity contribution in [1.82, 2.24) is 10.1 Å². The number of carbonyl (C=O) groups excluding carboxylic acids is 1. The minimum atomic E-state index is -0.120. The lowest BCUT2D eigenvalue weighted by molar-refractivity contribution is -0.148. The number of carbonyl (C=O) groups is 1. The predicted molar refractivity (Wildman–Crippen MR) is 61.3 cm³/mol. The van der Waals surface area contributed by atoms with E-state index in [0.29, 0.717) is 13.2 Å². The highest BCUT2D eigenvalue weighted by molar-refractivity contribution is 5.76. The highest BCUT2D eigenvalue weighted by Gasteiger charge is 2.32. The number of aromatic nitrogens is 1. The lowest BCUT2D eigenvalue weighted by atomic mass is 10.2. The predicted octanol–water partition coefficient (Wildman–Crippen LogP) is 1.51. The minimum Gasteiger partial charge on any atom is -0.465 e. The number of nitrogens with zero attached hydrogens (tertiary/aromatic N) is 2. The van der Waals surface area contributed by atoms with Crippen molar-refractivity contribution in [3.05, 3.63) is 17.5 Å². The van der Waals surface area contributed by atoms with Gasteiger partial charge in [-0.15, -0.1) is 0 Å². The lowest BCUT2D eigenvalue weighted by Crippen LogP contribution is -2.36. The van der Waals surface area contributed by atoms with Gasteiger partial charge in [0.15, 0.2) is 0 Å². The van der Waals surface area contributed by atoms with E-state index in [4.69, 9.17) is 9.26 Å². The van der Waals surface area contributed by atoms with E-state index in [2.05, 4.69) is 10.1 Å². The molecule has 5 heteroatoms. The van der Waals surface area contributed by atoms with Crippen LogP contribution in [0.4, 0.5) is 0 Å². The van der Waals surface area contributed by atoms with Crippen LogP contribution in [0.5, 0.6) is 0 Å². The third kappa shape index (κ3) is 2.85. The highest BCUT2D eigenvalue weighted by Crippen LogP contribution is 2.21. The summed E-state index contributed by atoms with van der Waals surface area (Å²) in [5.41, 5.74) is 0.874. The monoisotopic (exact) mass is 238 g/mol. The van der Waals surface area contributed by atoms with Crippen LogP contribution >= 0.6 is 0 Å². The second-order valence-corrected chi connectivity index (χ2v) is 4.31. The quantitative estimate of drug-likeness (QED) is 0.744. The third-order valence-corrected chi connectivity index (χ3v) is 2.96. The van der Waals surface area contributed by atoms with E-state index in [-0.39, 0.29) is 12.0 Å². The molecule has 5 nitrogen and oxygen atoms in total. The second kappa shape index (κ2) is 5.31. The Morgan fingerprint density at radius 1 is 1.71 bits per heavy atom. The molecule has 1 aliphatic rings. The van der Waals surface area contributed by atoms with Crippen molar-refractivity contribution in [2.24, 2.45) is 0 Å². The number of hydrogen-bond donors (Lipinski definition) is 0. The molecule has 17 heavy (non-hydrogen) atoms. The first-order chi connectivity index (χ1) is 8.20. The van der Waals surface area contributed by atoms with Crippen LogP contribution in [-0.4, -0.2) is 35.2 Å². The van der Waals surface area contributed by atoms with Crippen LogP contribution < -0.4 is 0 Å². The lowest BCUT2D eigenvalue weighted by Gasteiger charge is -2.21. The largest absolute Gasteiger partial charge is 0.465 e. The number of likely N-dealkylation sites (tertiary alicyclic amines) is 1. The van der Waals surface area contributed by atoms with Gasteiger partial charge >= 0.3 is 5.97 Å². The molecule has 94 valence electrons. The van der Waals surface area contributed by atoms with Gasteiger partial charge < -0.3 is 9.26 Å². The smallest absolute Gasteiger partial charge is 0.323 e. The van der Waals surface area contributed by atoms with E-state index in [9.17, 15) is 4.79 Å². The Balaban J connectivity index is 1.97. The van der Waals surface area contributed by atoms with Crippen molar-refractivity contribution in [3.8, 4) is 0 Å². The van der Waals surface area contributed by atoms with Crippen LogP contribution in [0, 0.1) is 6.92 Å². The Bertz CT molecular complexity index is 389. The highest BCUT2D eigenvalue weighted by atomic mass is 16.5. The zero-order valence-corrected chi connectivity index (χ0v) is 10.3. The maximum absolute atomic E-state index is 11.7. The molecule has 1 aliphatic heterocycles. The number of ether oxygens (including phenoxy) is 1. The van der Waals surface area contributed by atoms with Crippen LogP contribution in [0.3, 0.4) is 0 Å². The number of rotatable bonds is 4. The zero-order valence-electron chi connectivity index (χ0n) is 10.3. The van der Waals surface area contributed by atoms with Crippen LogP contribution in [0.25, 0.3) is 0 Å². The van der Waals surface area contributed by atoms with Crippen molar-refractivity contribution in [1.29, 1.82) is 0 Å². The van der Waals surface area contributed by atoms with Crippen molar-refractivity contribution >= 4 is 5.97 Å². The summed E-state index contributed by atoms with van der Waals surface area (Å²) in [6.45, 7) is 5.70. The molecule has 0 amide bonds. The topological polar surface area (TPSA) is 55.6 Å². The van der Waals surface area contributed by atoms with Gasteiger partial charge in [0.05, 0.1) is 12.3 Å². The molecule has 0 aliphatic carbocycles. The second-order valence-electron chi connectivity index (χ2n) is 4.31. The molecule has 1 atom stereocenters. The molecule has 0 spiro atoms. The first-order valence-electron chi connectivity index (χ1n) is 6.03. The van der Waals surface area contributed by atoms with Gasteiger partial charge in [0, 0.05) is 12.6 Å². The zero-order chi connectivity index (χ0) is 12.3. The van der Waals surface area contributed by atoms with Crippen molar-refractivity contribution in [2.45, 2.75) is 39.3 Å². The van der Waals surface area contributed by atoms with E-state index in [1.54, 1.807) is 0 Å². The molecule has 0 N–H and O–H groups in total. The fourth-order valence-electron chi connectivity index (χ4n) is 2.22. The molecule has 0 radical (unpaired) electrons. The molecule has 2 heterocycles. The summed E-state index contributed by atoms with van der Waals surface area (Å²) in [5, 5.41) is 3.95. The average molecular weight is 238 g/mol. The Hall–Kier alpha value is -1.36. The fourth-order valence-corrected chi connectivity index (χ4v) is 2.22. The third-order valence-electron chi connectivity index (χ3n) is 2.96. The molecule has 0 saturated carbocycles. The standard InChI is InChI=1S/C12H18N2O3/c1-3-16-12(15)11-5-4-6-14(11)8-10-7-9(2)17-13-10/h7,11H,3-6,8H2,1-2H3. The van der Waals surface area contributed by atoms with Gasteiger partial charge in [-0.05, 0) is 33.2 Å². The molecule has 0 aromatic carbocycles. The maximum Gasteiger partial charge on any atom is 0.323 e. The van der Waals surface area contributed by atoms with Gasteiger partial charge in [0.25, 0.3) is 0 Å². The molecule has 1 aromatic rings. The van der Waals surface area contributed by atoms with Crippen LogP contribution in [-0.2, 0) is 16.1 Å². The number of hydrogen-bond acceptors (Lipinski definition) is 5. The normalized spacial score (nSPS) is 20.7. The molecular formula is C12H18N2O3. The Morgan fingerprint density at radius 2 is 2.53 bits per heavy atom. The van der Waals surface area contributed by atoms with Crippen molar-refractivity contribution in [2.75, 3.05) is 13.2 Å². The number of esters is 1. The van der Waals surface area contributed by atoms with Gasteiger partial charge in [-0.1, -0.05) is 5.16 Å². The summed E-state index contributed by atoms with van der Waals surface area (Å²) in [6.07, 6.45) is 1.90. The average Bonchev–Trinajstić information content (AvgIpc) is 2.89. The van der Waals surface area contributed by atoms with Gasteiger partial charge in [0.1, 0.15) is 11.8 Å². The van der Waals surface area contributed by atoms with Gasteiger partial charge in [-0.3, -0.25) is 9.69 Å². The molecule has 0 bridgehead atoms. The fraction of sp³-hybridized carbons (Fsp3) is 0.667. The molecule has 1 fully saturated rings. The van der Waals surface area contributed by atoms with E-state index in [1.165, 1.54) is 0 Å². The van der Waals surface area contributed by atoms with Crippen LogP contribution in [0.2, 0.25) is 0 Å². The van der Waals surface area contributed by atoms with Crippen molar-refractivity contribution in [3.63, 3.8) is 0 Å². The van der Waals surface area contributed by atoms with Gasteiger partial charge in [-0.25, -0.2) is 0 Å². The maximum atomic E-state index is 11.7.